The van der Waals surface area contributed by atoms with Gasteiger partial charge in [0.05, 0.1) is 12.7 Å². The van der Waals surface area contributed by atoms with Crippen LogP contribution in [0.25, 0.3) is 0 Å². The highest BCUT2D eigenvalue weighted by molar-refractivity contribution is 5.72. The largest absolute Gasteiger partial charge is 0.377 e. The molecule has 0 aromatic carbocycles. The molecule has 0 aliphatic heterocycles. The van der Waals surface area contributed by atoms with Crippen LogP contribution in [0.15, 0.2) is 0 Å². The first kappa shape index (κ1) is 14.9. The van der Waals surface area contributed by atoms with E-state index in [0.717, 1.165) is 0 Å². The van der Waals surface area contributed by atoms with Gasteiger partial charge in [-0.3, -0.25) is 4.79 Å². The third-order valence-electron chi connectivity index (χ3n) is 0.927. The summed E-state index contributed by atoms with van der Waals surface area (Å²) >= 11 is 0. The average Bonchev–Trinajstić information content (AvgIpc) is 1.99. The van der Waals surface area contributed by atoms with Gasteiger partial charge in [-0.15, -0.1) is 0 Å². The van der Waals surface area contributed by atoms with Crippen LogP contribution in [0.5, 0.6) is 0 Å². The van der Waals surface area contributed by atoms with Crippen LogP contribution in [0.3, 0.4) is 0 Å². The van der Waals surface area contributed by atoms with Crippen molar-refractivity contribution in [2.45, 2.75) is 47.1 Å². The molecule has 0 unspecified atom stereocenters. The van der Waals surface area contributed by atoms with E-state index in [1.54, 1.807) is 0 Å². The van der Waals surface area contributed by atoms with E-state index >= 15 is 0 Å². The molecule has 0 saturated heterocycles. The second kappa shape index (κ2) is 11.4. The highest BCUT2D eigenvalue weighted by Gasteiger charge is 1.92. The van der Waals surface area contributed by atoms with Gasteiger partial charge < -0.3 is 10.1 Å². The van der Waals surface area contributed by atoms with E-state index < -0.39 is 0 Å². The van der Waals surface area contributed by atoms with Crippen molar-refractivity contribution in [3.05, 3.63) is 0 Å². The van der Waals surface area contributed by atoms with E-state index in [9.17, 15) is 4.79 Å². The Kier molecular flexibility index (Phi) is 13.1. The van der Waals surface area contributed by atoms with Crippen LogP contribution in [-0.4, -0.2) is 25.2 Å². The van der Waals surface area contributed by atoms with Gasteiger partial charge >= 0.3 is 0 Å². The zero-order valence-corrected chi connectivity index (χ0v) is 9.52. The highest BCUT2D eigenvalue weighted by atomic mass is 16.5. The molecule has 3 heteroatoms. The van der Waals surface area contributed by atoms with E-state index in [2.05, 4.69) is 19.2 Å². The maximum atomic E-state index is 10.3. The fraction of sp³-hybridized carbons (Fsp3) is 0.900. The van der Waals surface area contributed by atoms with Crippen molar-refractivity contribution < 1.29 is 9.53 Å². The molecule has 0 radical (unpaired) electrons. The summed E-state index contributed by atoms with van der Waals surface area (Å²) in [5, 5.41) is 2.64. The Labute approximate surface area is 81.9 Å². The summed E-state index contributed by atoms with van der Waals surface area (Å²) in [7, 11) is 0. The number of nitrogens with one attached hydrogen (secondary N) is 1. The zero-order valence-electron chi connectivity index (χ0n) is 9.52. The van der Waals surface area contributed by atoms with Gasteiger partial charge in [0.15, 0.2) is 0 Å². The van der Waals surface area contributed by atoms with E-state index in [0.29, 0.717) is 13.2 Å². The molecule has 0 aromatic rings. The number of ether oxygens (including phenoxy) is 1. The van der Waals surface area contributed by atoms with E-state index in [4.69, 9.17) is 4.74 Å². The lowest BCUT2D eigenvalue weighted by Gasteiger charge is -2.06. The molecule has 0 aliphatic carbocycles. The highest BCUT2D eigenvalue weighted by Crippen LogP contribution is 1.84. The maximum absolute atomic E-state index is 10.3. The van der Waals surface area contributed by atoms with Gasteiger partial charge in [0.2, 0.25) is 5.91 Å². The number of hydrogen-bond donors (Lipinski definition) is 1. The van der Waals surface area contributed by atoms with Gasteiger partial charge in [0.1, 0.15) is 0 Å². The number of hydrogen-bond acceptors (Lipinski definition) is 2. The third-order valence-corrected chi connectivity index (χ3v) is 0.927. The molecule has 3 nitrogen and oxygen atoms in total. The molecule has 0 heterocycles. The normalized spacial score (nSPS) is 9.08. The average molecular weight is 189 g/mol. The lowest BCUT2D eigenvalue weighted by molar-refractivity contribution is -0.119. The van der Waals surface area contributed by atoms with Crippen molar-refractivity contribution >= 4 is 5.91 Å². The summed E-state index contributed by atoms with van der Waals surface area (Å²) in [5.41, 5.74) is 0. The zero-order chi connectivity index (χ0) is 10.7. The molecule has 0 aromatic heterocycles. The smallest absolute Gasteiger partial charge is 0.216 e. The Balaban J connectivity index is 0. The first-order chi connectivity index (χ1) is 6.04. The Hall–Kier alpha value is -0.570. The minimum atomic E-state index is -0.00708. The summed E-state index contributed by atoms with van der Waals surface area (Å²) < 4.78 is 5.18. The number of amides is 1. The van der Waals surface area contributed by atoms with Gasteiger partial charge in [0, 0.05) is 13.5 Å². The lowest BCUT2D eigenvalue weighted by Crippen LogP contribution is -2.25. The molecule has 0 saturated carbocycles. The Morgan fingerprint density at radius 2 is 1.85 bits per heavy atom. The van der Waals surface area contributed by atoms with Crippen LogP contribution in [0.1, 0.15) is 41.0 Å². The van der Waals surface area contributed by atoms with Crippen molar-refractivity contribution in [3.63, 3.8) is 0 Å². The van der Waals surface area contributed by atoms with Gasteiger partial charge in [-0.05, 0) is 13.8 Å². The molecular weight excluding hydrogens is 166 g/mol. The second-order valence-electron chi connectivity index (χ2n) is 3.11. The molecule has 80 valence electrons. The summed E-state index contributed by atoms with van der Waals surface area (Å²) in [6.45, 7) is 10.9. The van der Waals surface area contributed by atoms with Crippen LogP contribution >= 0.6 is 0 Å². The molecular formula is C10H23NO2. The molecule has 0 atom stereocenters. The van der Waals surface area contributed by atoms with E-state index in [1.807, 2.05) is 13.8 Å². The first-order valence-corrected chi connectivity index (χ1v) is 4.90. The number of carbonyl (C=O) groups excluding carboxylic acids is 1. The van der Waals surface area contributed by atoms with Gasteiger partial charge in [-0.2, -0.15) is 0 Å². The molecule has 0 rings (SSSR count). The van der Waals surface area contributed by atoms with Gasteiger partial charge in [0.25, 0.3) is 0 Å². The number of rotatable bonds is 4. The van der Waals surface area contributed by atoms with Crippen LogP contribution < -0.4 is 5.32 Å². The molecule has 0 spiro atoms. The summed E-state index contributed by atoms with van der Waals surface area (Å²) in [6, 6.07) is 0. The summed E-state index contributed by atoms with van der Waals surface area (Å²) in [5.74, 6) is -0.00708. The Morgan fingerprint density at radius 1 is 1.38 bits per heavy atom. The molecule has 0 bridgehead atoms. The second-order valence-corrected chi connectivity index (χ2v) is 3.11. The molecule has 0 fully saturated rings. The Morgan fingerprint density at radius 3 is 2.15 bits per heavy atom. The molecule has 1 amide bonds. The molecule has 1 N–H and O–H groups in total. The monoisotopic (exact) mass is 189 g/mol. The fourth-order valence-electron chi connectivity index (χ4n) is 0.522. The summed E-state index contributed by atoms with van der Waals surface area (Å²) in [6.07, 6.45) is 1.49. The van der Waals surface area contributed by atoms with Crippen molar-refractivity contribution in [1.82, 2.24) is 5.32 Å². The number of carbonyl (C=O) groups is 1. The predicted molar refractivity (Wildman–Crippen MR) is 55.7 cm³/mol. The van der Waals surface area contributed by atoms with Crippen molar-refractivity contribution in [2.75, 3.05) is 13.2 Å². The third kappa shape index (κ3) is 24.6. The SMILES string of the molecule is CC(=O)NCCOC(C)C.CCC. The predicted octanol–water partition coefficient (Wildman–Crippen LogP) is 1.96. The fourth-order valence-corrected chi connectivity index (χ4v) is 0.522. The van der Waals surface area contributed by atoms with Crippen LogP contribution in [0, 0.1) is 0 Å². The van der Waals surface area contributed by atoms with Crippen molar-refractivity contribution in [2.24, 2.45) is 0 Å². The van der Waals surface area contributed by atoms with Crippen molar-refractivity contribution in [1.29, 1.82) is 0 Å². The van der Waals surface area contributed by atoms with Gasteiger partial charge in [-0.25, -0.2) is 0 Å². The first-order valence-electron chi connectivity index (χ1n) is 4.90. The quantitative estimate of drug-likeness (QED) is 0.687. The minimum absolute atomic E-state index is 0.00708. The van der Waals surface area contributed by atoms with Crippen molar-refractivity contribution in [3.8, 4) is 0 Å². The van der Waals surface area contributed by atoms with E-state index in [-0.39, 0.29) is 12.0 Å². The van der Waals surface area contributed by atoms with Crippen LogP contribution in [0.4, 0.5) is 0 Å². The van der Waals surface area contributed by atoms with Crippen LogP contribution in [-0.2, 0) is 9.53 Å². The van der Waals surface area contributed by atoms with Crippen LogP contribution in [0.2, 0.25) is 0 Å². The summed E-state index contributed by atoms with van der Waals surface area (Å²) in [4.78, 5) is 10.3. The molecule has 0 aliphatic rings. The maximum Gasteiger partial charge on any atom is 0.216 e. The standard InChI is InChI=1S/C7H15NO2.C3H8/c1-6(2)10-5-4-8-7(3)9;1-3-2/h6H,4-5H2,1-3H3,(H,8,9);3H2,1-2H3. The molecule has 13 heavy (non-hydrogen) atoms. The topological polar surface area (TPSA) is 38.3 Å². The Bertz CT molecular complexity index is 113. The lowest BCUT2D eigenvalue weighted by atomic mass is 10.5. The van der Waals surface area contributed by atoms with E-state index in [1.165, 1.54) is 13.3 Å². The minimum Gasteiger partial charge on any atom is -0.377 e. The van der Waals surface area contributed by atoms with Gasteiger partial charge in [-0.1, -0.05) is 20.3 Å².